The van der Waals surface area contributed by atoms with Crippen LogP contribution in [0.5, 0.6) is 0 Å². The van der Waals surface area contributed by atoms with E-state index in [4.69, 9.17) is 16.3 Å². The van der Waals surface area contributed by atoms with E-state index in [9.17, 15) is 0 Å². The van der Waals surface area contributed by atoms with E-state index in [1.54, 1.807) is 7.11 Å². The lowest BCUT2D eigenvalue weighted by Gasteiger charge is -2.31. The normalized spacial score (nSPS) is 25.6. The number of piperidine rings is 1. The van der Waals surface area contributed by atoms with Gasteiger partial charge in [-0.05, 0) is 36.9 Å². The van der Waals surface area contributed by atoms with Crippen LogP contribution in [0.1, 0.15) is 12.0 Å². The number of ether oxygens (including phenoxy) is 1. The van der Waals surface area contributed by atoms with Crippen molar-refractivity contribution < 1.29 is 4.74 Å². The minimum absolute atomic E-state index is 0.310. The maximum absolute atomic E-state index is 6.18. The lowest BCUT2D eigenvalue weighted by molar-refractivity contribution is 0.0341. The van der Waals surface area contributed by atoms with Gasteiger partial charge in [0.1, 0.15) is 0 Å². The fraction of sp³-hybridized carbons (Fsp3) is 0.538. The third-order valence-electron chi connectivity index (χ3n) is 3.31. The van der Waals surface area contributed by atoms with E-state index in [1.165, 1.54) is 5.56 Å². The van der Waals surface area contributed by atoms with Crippen molar-refractivity contribution in [2.45, 2.75) is 18.9 Å². The summed E-state index contributed by atoms with van der Waals surface area (Å²) >= 11 is 6.18. The van der Waals surface area contributed by atoms with Crippen LogP contribution in [0.15, 0.2) is 24.3 Å². The molecule has 2 atom stereocenters. The second kappa shape index (κ2) is 5.67. The maximum Gasteiger partial charge on any atom is 0.0727 e. The van der Waals surface area contributed by atoms with Gasteiger partial charge in [0.2, 0.25) is 0 Å². The average molecular weight is 240 g/mol. The molecule has 2 unspecified atom stereocenters. The maximum atomic E-state index is 6.18. The molecule has 0 radical (unpaired) electrons. The Morgan fingerprint density at radius 2 is 2.25 bits per heavy atom. The summed E-state index contributed by atoms with van der Waals surface area (Å²) in [6, 6.07) is 8.09. The molecular weight excluding hydrogens is 222 g/mol. The molecule has 1 N–H and O–H groups in total. The summed E-state index contributed by atoms with van der Waals surface area (Å²) in [4.78, 5) is 0. The highest BCUT2D eigenvalue weighted by Crippen LogP contribution is 2.24. The van der Waals surface area contributed by atoms with Crippen LogP contribution in [-0.4, -0.2) is 26.3 Å². The third kappa shape index (κ3) is 2.76. The Morgan fingerprint density at radius 3 is 3.00 bits per heavy atom. The van der Waals surface area contributed by atoms with E-state index in [1.807, 2.05) is 18.2 Å². The average Bonchev–Trinajstić information content (AvgIpc) is 2.33. The fourth-order valence-electron chi connectivity index (χ4n) is 2.34. The van der Waals surface area contributed by atoms with Crippen LogP contribution in [0.2, 0.25) is 5.02 Å². The second-order valence-corrected chi connectivity index (χ2v) is 4.73. The molecule has 16 heavy (non-hydrogen) atoms. The van der Waals surface area contributed by atoms with E-state index in [0.717, 1.165) is 31.0 Å². The summed E-state index contributed by atoms with van der Waals surface area (Å²) in [5, 5.41) is 4.23. The lowest BCUT2D eigenvalue weighted by Crippen LogP contribution is -2.42. The Labute approximate surface area is 102 Å². The number of benzene rings is 1. The predicted molar refractivity (Wildman–Crippen MR) is 66.9 cm³/mol. The van der Waals surface area contributed by atoms with Gasteiger partial charge in [-0.2, -0.15) is 0 Å². The summed E-state index contributed by atoms with van der Waals surface area (Å²) in [6.07, 6.45) is 2.48. The van der Waals surface area contributed by atoms with Gasteiger partial charge in [0.05, 0.1) is 6.10 Å². The van der Waals surface area contributed by atoms with E-state index < -0.39 is 0 Å². The molecule has 1 fully saturated rings. The van der Waals surface area contributed by atoms with Gasteiger partial charge >= 0.3 is 0 Å². The zero-order valence-electron chi connectivity index (χ0n) is 9.58. The highest BCUT2D eigenvalue weighted by atomic mass is 35.5. The molecule has 0 bridgehead atoms. The third-order valence-corrected chi connectivity index (χ3v) is 3.67. The first-order valence-electron chi connectivity index (χ1n) is 5.78. The topological polar surface area (TPSA) is 21.3 Å². The molecule has 1 aliphatic heterocycles. The van der Waals surface area contributed by atoms with Crippen molar-refractivity contribution in [1.82, 2.24) is 5.32 Å². The first kappa shape index (κ1) is 11.9. The molecule has 1 heterocycles. The van der Waals surface area contributed by atoms with Gasteiger partial charge in [0.25, 0.3) is 0 Å². The quantitative estimate of drug-likeness (QED) is 0.875. The largest absolute Gasteiger partial charge is 0.380 e. The van der Waals surface area contributed by atoms with Crippen molar-refractivity contribution in [1.29, 1.82) is 0 Å². The van der Waals surface area contributed by atoms with Crippen molar-refractivity contribution >= 4 is 11.6 Å². The molecular formula is C13H18ClNO. The molecule has 0 aliphatic carbocycles. The van der Waals surface area contributed by atoms with Crippen molar-refractivity contribution in [3.8, 4) is 0 Å². The van der Waals surface area contributed by atoms with Crippen molar-refractivity contribution in [3.63, 3.8) is 0 Å². The molecule has 0 spiro atoms. The van der Waals surface area contributed by atoms with Crippen molar-refractivity contribution in [2.24, 2.45) is 5.92 Å². The molecule has 0 aromatic heterocycles. The van der Waals surface area contributed by atoms with Gasteiger partial charge in [0, 0.05) is 18.7 Å². The summed E-state index contributed by atoms with van der Waals surface area (Å²) < 4.78 is 5.51. The predicted octanol–water partition coefficient (Wildman–Crippen LogP) is 2.51. The zero-order chi connectivity index (χ0) is 11.4. The van der Waals surface area contributed by atoms with Gasteiger partial charge in [-0.1, -0.05) is 29.8 Å². The molecule has 0 saturated carbocycles. The lowest BCUT2D eigenvalue weighted by atomic mass is 9.88. The van der Waals surface area contributed by atoms with Crippen LogP contribution in [0.4, 0.5) is 0 Å². The molecule has 0 amide bonds. The number of nitrogens with one attached hydrogen (secondary N) is 1. The van der Waals surface area contributed by atoms with Crippen LogP contribution in [-0.2, 0) is 11.2 Å². The number of halogens is 1. The Morgan fingerprint density at radius 1 is 1.44 bits per heavy atom. The molecule has 3 heteroatoms. The minimum Gasteiger partial charge on any atom is -0.380 e. The van der Waals surface area contributed by atoms with E-state index in [-0.39, 0.29) is 0 Å². The summed E-state index contributed by atoms with van der Waals surface area (Å²) in [7, 11) is 1.79. The second-order valence-electron chi connectivity index (χ2n) is 4.32. The minimum atomic E-state index is 0.310. The molecule has 1 saturated heterocycles. The number of rotatable bonds is 3. The van der Waals surface area contributed by atoms with Crippen LogP contribution in [0, 0.1) is 5.92 Å². The van der Waals surface area contributed by atoms with Gasteiger partial charge in [0.15, 0.2) is 0 Å². The van der Waals surface area contributed by atoms with Crippen LogP contribution in [0.25, 0.3) is 0 Å². The van der Waals surface area contributed by atoms with Crippen molar-refractivity contribution in [3.05, 3.63) is 34.9 Å². The molecule has 1 aliphatic rings. The molecule has 1 aromatic rings. The van der Waals surface area contributed by atoms with E-state index >= 15 is 0 Å². The SMILES string of the molecule is COC1CNCCC1Cc1ccccc1Cl. The zero-order valence-corrected chi connectivity index (χ0v) is 10.3. The molecule has 88 valence electrons. The first-order chi connectivity index (χ1) is 7.81. The Bertz CT molecular complexity index is 342. The number of methoxy groups -OCH3 is 1. The first-order valence-corrected chi connectivity index (χ1v) is 6.16. The molecule has 2 nitrogen and oxygen atoms in total. The van der Waals surface area contributed by atoms with Gasteiger partial charge in [-0.25, -0.2) is 0 Å². The highest BCUT2D eigenvalue weighted by Gasteiger charge is 2.25. The monoisotopic (exact) mass is 239 g/mol. The fourth-order valence-corrected chi connectivity index (χ4v) is 2.55. The summed E-state index contributed by atoms with van der Waals surface area (Å²) in [6.45, 7) is 2.03. The standard InChI is InChI=1S/C13H18ClNO/c1-16-13-9-15-7-6-11(13)8-10-4-2-3-5-12(10)14/h2-5,11,13,15H,6-9H2,1H3. The summed E-state index contributed by atoms with van der Waals surface area (Å²) in [5.41, 5.74) is 1.23. The highest BCUT2D eigenvalue weighted by molar-refractivity contribution is 6.31. The van der Waals surface area contributed by atoms with Gasteiger partial charge in [-0.3, -0.25) is 0 Å². The molecule has 1 aromatic carbocycles. The number of hydrogen-bond donors (Lipinski definition) is 1. The Kier molecular flexibility index (Phi) is 4.22. The summed E-state index contributed by atoms with van der Waals surface area (Å²) in [5.74, 6) is 0.575. The van der Waals surface area contributed by atoms with Crippen LogP contribution < -0.4 is 5.32 Å². The molecule has 2 rings (SSSR count). The Hall–Kier alpha value is -0.570. The van der Waals surface area contributed by atoms with E-state index in [2.05, 4.69) is 11.4 Å². The van der Waals surface area contributed by atoms with Crippen LogP contribution >= 0.6 is 11.6 Å². The van der Waals surface area contributed by atoms with Crippen LogP contribution in [0.3, 0.4) is 0 Å². The Balaban J connectivity index is 2.05. The number of hydrogen-bond acceptors (Lipinski definition) is 2. The van der Waals surface area contributed by atoms with Gasteiger partial charge < -0.3 is 10.1 Å². The smallest absolute Gasteiger partial charge is 0.0727 e. The van der Waals surface area contributed by atoms with E-state index in [0.29, 0.717) is 12.0 Å². The van der Waals surface area contributed by atoms with Gasteiger partial charge in [-0.15, -0.1) is 0 Å². The van der Waals surface area contributed by atoms with Crippen molar-refractivity contribution in [2.75, 3.05) is 20.2 Å².